The Labute approximate surface area is 125 Å². The molecule has 1 heteroatoms. The van der Waals surface area contributed by atoms with Gasteiger partial charge in [0.1, 0.15) is 0 Å². The van der Waals surface area contributed by atoms with E-state index in [0.29, 0.717) is 0 Å². The van der Waals surface area contributed by atoms with Crippen molar-refractivity contribution in [3.8, 4) is 0 Å². The molecule has 0 aromatic heterocycles. The maximum Gasteiger partial charge on any atom is 0.0122 e. The standard InChI is InChI=1S/C12H10S.C7H8/c1-3-7-11(8-4-1)13-12-9-5-2-6-10-12;1-7-5-3-2-4-6-7/h1-10H;2-6H,1H3. The van der Waals surface area contributed by atoms with Crippen molar-refractivity contribution in [2.75, 3.05) is 0 Å². The summed E-state index contributed by atoms with van der Waals surface area (Å²) in [6, 6.07) is 31.1. The molecule has 0 heterocycles. The van der Waals surface area contributed by atoms with E-state index in [1.54, 1.807) is 11.8 Å². The number of benzene rings is 3. The second kappa shape index (κ2) is 8.23. The molecule has 0 fully saturated rings. The van der Waals surface area contributed by atoms with E-state index in [9.17, 15) is 0 Å². The molecular weight excluding hydrogens is 260 g/mol. The number of hydrogen-bond donors (Lipinski definition) is 0. The van der Waals surface area contributed by atoms with E-state index in [1.165, 1.54) is 15.4 Å². The third-order valence-corrected chi connectivity index (χ3v) is 3.68. The molecule has 0 N–H and O–H groups in total. The van der Waals surface area contributed by atoms with Gasteiger partial charge >= 0.3 is 0 Å². The van der Waals surface area contributed by atoms with Gasteiger partial charge in [0.15, 0.2) is 0 Å². The van der Waals surface area contributed by atoms with Crippen LogP contribution in [0, 0.1) is 6.92 Å². The van der Waals surface area contributed by atoms with Crippen molar-refractivity contribution in [3.05, 3.63) is 96.6 Å². The fraction of sp³-hybridized carbons (Fsp3) is 0.0526. The van der Waals surface area contributed by atoms with Crippen LogP contribution in [0.1, 0.15) is 5.56 Å². The predicted molar refractivity (Wildman–Crippen MR) is 88.2 cm³/mol. The molecule has 0 saturated heterocycles. The van der Waals surface area contributed by atoms with Crippen LogP contribution in [0.15, 0.2) is 101 Å². The van der Waals surface area contributed by atoms with Crippen LogP contribution < -0.4 is 0 Å². The van der Waals surface area contributed by atoms with Crippen LogP contribution in [-0.4, -0.2) is 0 Å². The van der Waals surface area contributed by atoms with Crippen LogP contribution in [0.25, 0.3) is 0 Å². The highest BCUT2D eigenvalue weighted by Gasteiger charge is 1.93. The fourth-order valence-corrected chi connectivity index (χ4v) is 2.51. The van der Waals surface area contributed by atoms with Gasteiger partial charge in [0.05, 0.1) is 0 Å². The molecule has 3 aromatic rings. The van der Waals surface area contributed by atoms with Crippen molar-refractivity contribution < 1.29 is 0 Å². The fourth-order valence-electron chi connectivity index (χ4n) is 1.65. The van der Waals surface area contributed by atoms with Crippen LogP contribution in [0.2, 0.25) is 0 Å². The summed E-state index contributed by atoms with van der Waals surface area (Å²) in [5.74, 6) is 0. The molecule has 3 aromatic carbocycles. The lowest BCUT2D eigenvalue weighted by molar-refractivity contribution is 1.41. The maximum atomic E-state index is 2.12. The third-order valence-electron chi connectivity index (χ3n) is 2.66. The summed E-state index contributed by atoms with van der Waals surface area (Å²) in [4.78, 5) is 2.57. The van der Waals surface area contributed by atoms with Gasteiger partial charge in [0, 0.05) is 9.79 Å². The second-order valence-electron chi connectivity index (χ2n) is 4.38. The molecule has 0 amide bonds. The predicted octanol–water partition coefficient (Wildman–Crippen LogP) is 5.83. The molecule has 0 saturated carbocycles. The highest BCUT2D eigenvalue weighted by Crippen LogP contribution is 2.26. The van der Waals surface area contributed by atoms with E-state index in [2.05, 4.69) is 67.6 Å². The number of rotatable bonds is 2. The van der Waals surface area contributed by atoms with Crippen molar-refractivity contribution in [1.82, 2.24) is 0 Å². The lowest BCUT2D eigenvalue weighted by Crippen LogP contribution is -1.70. The zero-order valence-electron chi connectivity index (χ0n) is 11.6. The minimum absolute atomic E-state index is 1.29. The topological polar surface area (TPSA) is 0 Å². The maximum absolute atomic E-state index is 2.12. The highest BCUT2D eigenvalue weighted by atomic mass is 32.2. The van der Waals surface area contributed by atoms with E-state index in [-0.39, 0.29) is 0 Å². The zero-order chi connectivity index (χ0) is 14.0. The van der Waals surface area contributed by atoms with Crippen LogP contribution >= 0.6 is 11.8 Å². The quantitative estimate of drug-likeness (QED) is 0.568. The smallest absolute Gasteiger partial charge is 0.0122 e. The monoisotopic (exact) mass is 278 g/mol. The van der Waals surface area contributed by atoms with Crippen molar-refractivity contribution in [2.24, 2.45) is 0 Å². The number of aryl methyl sites for hydroxylation is 1. The van der Waals surface area contributed by atoms with Crippen LogP contribution in [0.5, 0.6) is 0 Å². The molecule has 0 bridgehead atoms. The molecule has 0 aliphatic carbocycles. The molecular formula is C19H18S. The Balaban J connectivity index is 0.000000178. The van der Waals surface area contributed by atoms with Gasteiger partial charge in [-0.2, -0.15) is 0 Å². The highest BCUT2D eigenvalue weighted by molar-refractivity contribution is 7.99. The van der Waals surface area contributed by atoms with Crippen molar-refractivity contribution in [1.29, 1.82) is 0 Å². The van der Waals surface area contributed by atoms with E-state index in [0.717, 1.165) is 0 Å². The van der Waals surface area contributed by atoms with Gasteiger partial charge in [-0.1, -0.05) is 84.1 Å². The van der Waals surface area contributed by atoms with Crippen LogP contribution in [-0.2, 0) is 0 Å². The molecule has 0 aliphatic heterocycles. The first-order valence-corrected chi connectivity index (χ1v) is 7.46. The summed E-state index contributed by atoms with van der Waals surface area (Å²) >= 11 is 1.79. The molecule has 0 nitrogen and oxygen atoms in total. The summed E-state index contributed by atoms with van der Waals surface area (Å²) in [6.45, 7) is 2.08. The van der Waals surface area contributed by atoms with Gasteiger partial charge < -0.3 is 0 Å². The van der Waals surface area contributed by atoms with Gasteiger partial charge in [-0.3, -0.25) is 0 Å². The van der Waals surface area contributed by atoms with Crippen molar-refractivity contribution in [3.63, 3.8) is 0 Å². The van der Waals surface area contributed by atoms with E-state index >= 15 is 0 Å². The summed E-state index contributed by atoms with van der Waals surface area (Å²) < 4.78 is 0. The Hall–Kier alpha value is -1.99. The summed E-state index contributed by atoms with van der Waals surface area (Å²) in [6.07, 6.45) is 0. The van der Waals surface area contributed by atoms with E-state index < -0.39 is 0 Å². The first kappa shape index (κ1) is 14.4. The van der Waals surface area contributed by atoms with Crippen LogP contribution in [0.3, 0.4) is 0 Å². The largest absolute Gasteiger partial charge is 0.0901 e. The van der Waals surface area contributed by atoms with E-state index in [4.69, 9.17) is 0 Å². The van der Waals surface area contributed by atoms with Crippen molar-refractivity contribution >= 4 is 11.8 Å². The third kappa shape index (κ3) is 5.33. The first-order valence-electron chi connectivity index (χ1n) is 6.64. The average molecular weight is 278 g/mol. The van der Waals surface area contributed by atoms with Gasteiger partial charge in [0.2, 0.25) is 0 Å². The summed E-state index contributed by atoms with van der Waals surface area (Å²) in [7, 11) is 0. The van der Waals surface area contributed by atoms with Gasteiger partial charge in [-0.05, 0) is 31.2 Å². The first-order chi connectivity index (χ1) is 9.84. The molecule has 3 rings (SSSR count). The molecule has 0 atom stereocenters. The average Bonchev–Trinajstić information content (AvgIpc) is 2.51. The Kier molecular flexibility index (Phi) is 5.94. The minimum atomic E-state index is 1.29. The summed E-state index contributed by atoms with van der Waals surface area (Å²) in [5, 5.41) is 0. The summed E-state index contributed by atoms with van der Waals surface area (Å²) in [5.41, 5.74) is 1.32. The Bertz CT molecular complexity index is 551. The van der Waals surface area contributed by atoms with Gasteiger partial charge in [-0.25, -0.2) is 0 Å². The molecule has 100 valence electrons. The van der Waals surface area contributed by atoms with E-state index in [1.807, 2.05) is 30.3 Å². The lowest BCUT2D eigenvalue weighted by Gasteiger charge is -1.99. The Morgan fingerprint density at radius 2 is 0.850 bits per heavy atom. The normalized spacial score (nSPS) is 9.45. The number of hydrogen-bond acceptors (Lipinski definition) is 1. The second-order valence-corrected chi connectivity index (χ2v) is 5.53. The van der Waals surface area contributed by atoms with Gasteiger partial charge in [-0.15, -0.1) is 0 Å². The van der Waals surface area contributed by atoms with Gasteiger partial charge in [0.25, 0.3) is 0 Å². The minimum Gasteiger partial charge on any atom is -0.0901 e. The molecule has 0 radical (unpaired) electrons. The van der Waals surface area contributed by atoms with Crippen molar-refractivity contribution in [2.45, 2.75) is 16.7 Å². The SMILES string of the molecule is Cc1ccccc1.c1ccc(Sc2ccccc2)cc1. The molecule has 20 heavy (non-hydrogen) atoms. The molecule has 0 aliphatic rings. The Morgan fingerprint density at radius 1 is 0.500 bits per heavy atom. The Morgan fingerprint density at radius 3 is 1.15 bits per heavy atom. The molecule has 0 unspecified atom stereocenters. The molecule has 0 spiro atoms. The zero-order valence-corrected chi connectivity index (χ0v) is 12.4. The van der Waals surface area contributed by atoms with Crippen LogP contribution in [0.4, 0.5) is 0 Å². The lowest BCUT2D eigenvalue weighted by atomic mass is 10.2.